The van der Waals surface area contributed by atoms with Gasteiger partial charge in [0, 0.05) is 49.7 Å². The van der Waals surface area contributed by atoms with Crippen molar-refractivity contribution in [3.05, 3.63) is 75.3 Å². The van der Waals surface area contributed by atoms with Gasteiger partial charge in [0.25, 0.3) is 11.8 Å². The molecule has 4 heterocycles. The van der Waals surface area contributed by atoms with E-state index in [1.54, 1.807) is 17.7 Å². The number of hydrazine groups is 1. The normalized spacial score (nSPS) is 25.7. The van der Waals surface area contributed by atoms with E-state index >= 15 is 0 Å². The first kappa shape index (κ1) is 28.3. The molecule has 2 aromatic carbocycles. The first-order chi connectivity index (χ1) is 20.6. The number of carbonyl (C=O) groups excluding carboxylic acids is 4. The molecule has 1 N–H and O–H groups in total. The molecule has 3 saturated heterocycles. The molecular weight excluding hydrogens is 566 g/mol. The first-order valence-corrected chi connectivity index (χ1v) is 15.5. The van der Waals surface area contributed by atoms with E-state index in [-0.39, 0.29) is 23.9 Å². The number of hydrogen-bond acceptors (Lipinski definition) is 6. The zero-order chi connectivity index (χ0) is 30.0. The predicted molar refractivity (Wildman–Crippen MR) is 162 cm³/mol. The van der Waals surface area contributed by atoms with Gasteiger partial charge in [-0.15, -0.1) is 0 Å². The van der Waals surface area contributed by atoms with Gasteiger partial charge >= 0.3 is 6.03 Å². The third-order valence-corrected chi connectivity index (χ3v) is 10.1. The van der Waals surface area contributed by atoms with Gasteiger partial charge in [0.2, 0.25) is 5.91 Å². The molecule has 0 saturated carbocycles. The summed E-state index contributed by atoms with van der Waals surface area (Å²) in [4.78, 5) is 55.3. The summed E-state index contributed by atoms with van der Waals surface area (Å²) in [6.07, 6.45) is 4.57. The average Bonchev–Trinajstić information content (AvgIpc) is 3.62. The smallest absolute Gasteiger partial charge is 0.294 e. The van der Waals surface area contributed by atoms with Crippen LogP contribution in [-0.2, 0) is 11.3 Å². The number of benzene rings is 2. The second-order valence-corrected chi connectivity index (χ2v) is 13.8. The molecule has 224 valence electrons. The van der Waals surface area contributed by atoms with Crippen molar-refractivity contribution in [1.82, 2.24) is 25.1 Å². The summed E-state index contributed by atoms with van der Waals surface area (Å²) in [6, 6.07) is 13.9. The minimum Gasteiger partial charge on any atom is -0.294 e. The molecule has 0 aromatic heterocycles. The molecule has 5 aliphatic rings. The Balaban J connectivity index is 1.03. The Morgan fingerprint density at radius 3 is 2.28 bits per heavy atom. The zero-order valence-electron chi connectivity index (χ0n) is 24.6. The number of hydrogen-bond donors (Lipinski definition) is 1. The van der Waals surface area contributed by atoms with E-state index in [9.17, 15) is 19.2 Å². The Bertz CT molecular complexity index is 1570. The van der Waals surface area contributed by atoms with Crippen LogP contribution in [0.25, 0.3) is 5.57 Å². The van der Waals surface area contributed by atoms with Crippen molar-refractivity contribution < 1.29 is 19.2 Å². The molecular formula is C33H36ClN5O4. The van der Waals surface area contributed by atoms with Crippen LogP contribution < -0.4 is 5.32 Å². The molecule has 3 fully saturated rings. The molecule has 7 rings (SSSR count). The summed E-state index contributed by atoms with van der Waals surface area (Å²) >= 11 is 6.20. The summed E-state index contributed by atoms with van der Waals surface area (Å²) in [6.45, 7) is 8.41. The number of urea groups is 1. The lowest BCUT2D eigenvalue weighted by Crippen LogP contribution is -2.58. The fourth-order valence-electron chi connectivity index (χ4n) is 7.50. The second kappa shape index (κ2) is 10.6. The van der Waals surface area contributed by atoms with E-state index in [0.717, 1.165) is 59.5 Å². The van der Waals surface area contributed by atoms with Crippen molar-refractivity contribution in [1.29, 1.82) is 0 Å². The Labute approximate surface area is 256 Å². The van der Waals surface area contributed by atoms with Gasteiger partial charge in [-0.25, -0.2) is 9.80 Å². The maximum Gasteiger partial charge on any atom is 0.343 e. The van der Waals surface area contributed by atoms with Gasteiger partial charge in [-0.1, -0.05) is 49.2 Å². The zero-order valence-corrected chi connectivity index (χ0v) is 25.3. The molecule has 9 nitrogen and oxygen atoms in total. The number of fused-ring (bicyclic) bond motifs is 3. The van der Waals surface area contributed by atoms with Gasteiger partial charge in [-0.05, 0) is 72.1 Å². The third-order valence-electron chi connectivity index (χ3n) is 9.83. The van der Waals surface area contributed by atoms with Gasteiger partial charge in [0.05, 0.1) is 17.7 Å². The lowest BCUT2D eigenvalue weighted by molar-refractivity contribution is -0.122. The molecule has 2 bridgehead atoms. The highest BCUT2D eigenvalue weighted by Gasteiger charge is 2.45. The van der Waals surface area contributed by atoms with Crippen LogP contribution in [0, 0.1) is 5.41 Å². The quantitative estimate of drug-likeness (QED) is 0.482. The van der Waals surface area contributed by atoms with Gasteiger partial charge in [-0.3, -0.25) is 29.5 Å². The SMILES string of the molecule is CC1(C)CCC(CN2C[C@@H]3C[C@H]2CN3Cc2ccc3c(c2)C(=O)N(N2CCC(=O)NC2=O)C3=O)=C(c2ccc(Cl)cc2)C1. The second-order valence-electron chi connectivity index (χ2n) is 13.4. The minimum absolute atomic E-state index is 0.00774. The molecule has 0 unspecified atom stereocenters. The van der Waals surface area contributed by atoms with Gasteiger partial charge < -0.3 is 0 Å². The van der Waals surface area contributed by atoms with Crippen LogP contribution in [0.2, 0.25) is 5.02 Å². The molecule has 10 heteroatoms. The molecule has 5 amide bonds. The molecule has 1 aliphatic carbocycles. The lowest BCUT2D eigenvalue weighted by atomic mass is 9.72. The Kier molecular flexibility index (Phi) is 6.95. The predicted octanol–water partition coefficient (Wildman–Crippen LogP) is 4.72. The lowest BCUT2D eigenvalue weighted by Gasteiger charge is -2.38. The van der Waals surface area contributed by atoms with Gasteiger partial charge in [0.15, 0.2) is 0 Å². The van der Waals surface area contributed by atoms with Crippen molar-refractivity contribution in [2.24, 2.45) is 5.41 Å². The maximum atomic E-state index is 13.2. The fourth-order valence-corrected chi connectivity index (χ4v) is 7.63. The number of nitrogens with zero attached hydrogens (tertiary/aromatic N) is 4. The van der Waals surface area contributed by atoms with Crippen molar-refractivity contribution in [3.63, 3.8) is 0 Å². The molecule has 43 heavy (non-hydrogen) atoms. The Morgan fingerprint density at radius 2 is 1.58 bits per heavy atom. The van der Waals surface area contributed by atoms with Crippen LogP contribution in [0.3, 0.4) is 0 Å². The average molecular weight is 602 g/mol. The van der Waals surface area contributed by atoms with E-state index in [2.05, 4.69) is 41.1 Å². The number of halogens is 1. The van der Waals surface area contributed by atoms with Crippen molar-refractivity contribution >= 4 is 40.9 Å². The summed E-state index contributed by atoms with van der Waals surface area (Å²) in [5.74, 6) is -1.48. The molecule has 2 aromatic rings. The highest BCUT2D eigenvalue weighted by molar-refractivity contribution is 6.30. The Morgan fingerprint density at radius 1 is 0.884 bits per heavy atom. The largest absolute Gasteiger partial charge is 0.343 e. The van der Waals surface area contributed by atoms with Crippen LogP contribution in [0.1, 0.15) is 77.8 Å². The van der Waals surface area contributed by atoms with E-state index in [1.807, 2.05) is 18.2 Å². The van der Waals surface area contributed by atoms with Crippen molar-refractivity contribution in [3.8, 4) is 0 Å². The van der Waals surface area contributed by atoms with Crippen LogP contribution in [-0.4, -0.2) is 81.8 Å². The number of amides is 5. The van der Waals surface area contributed by atoms with E-state index in [4.69, 9.17) is 11.6 Å². The molecule has 0 spiro atoms. The first-order valence-electron chi connectivity index (χ1n) is 15.1. The van der Waals surface area contributed by atoms with Crippen LogP contribution in [0.4, 0.5) is 4.79 Å². The maximum absolute atomic E-state index is 13.2. The van der Waals surface area contributed by atoms with Crippen LogP contribution in [0.5, 0.6) is 0 Å². The number of rotatable bonds is 6. The van der Waals surface area contributed by atoms with Crippen molar-refractivity contribution in [2.45, 2.75) is 64.6 Å². The molecule has 4 aliphatic heterocycles. The highest BCUT2D eigenvalue weighted by Crippen LogP contribution is 2.44. The number of piperazine rings is 1. The number of imide groups is 2. The Hall–Kier alpha value is -3.53. The van der Waals surface area contributed by atoms with E-state index in [0.29, 0.717) is 24.2 Å². The highest BCUT2D eigenvalue weighted by atomic mass is 35.5. The van der Waals surface area contributed by atoms with E-state index in [1.165, 1.54) is 17.6 Å². The standard InChI is InChI=1S/C33H36ClN5O4/c1-33(2)11-9-22(28(15-33)21-4-6-23(34)7-5-21)17-37-19-24-14-25(37)18-36(24)16-20-3-8-26-27(13-20)31(42)39(30(26)41)38-12-10-29(40)35-32(38)43/h3-8,13,24-25H,9-12,14-19H2,1-2H3,(H,35,40,43)/t24-,25-/m0/s1. The molecule has 2 atom stereocenters. The van der Waals surface area contributed by atoms with E-state index < -0.39 is 23.8 Å². The number of allylic oxidation sites excluding steroid dienone is 1. The fraction of sp³-hybridized carbons (Fsp3) is 0.455. The van der Waals surface area contributed by atoms with Crippen LogP contribution in [0.15, 0.2) is 48.0 Å². The number of likely N-dealkylation sites (tertiary alicyclic amines) is 2. The summed E-state index contributed by atoms with van der Waals surface area (Å²) in [5.41, 5.74) is 6.17. The minimum atomic E-state index is -0.753. The summed E-state index contributed by atoms with van der Waals surface area (Å²) in [7, 11) is 0. The molecule has 0 radical (unpaired) electrons. The third kappa shape index (κ3) is 5.17. The number of nitrogens with one attached hydrogen (secondary N) is 1. The number of carbonyl (C=O) groups is 4. The topological polar surface area (TPSA) is 93.3 Å². The monoisotopic (exact) mass is 601 g/mol. The van der Waals surface area contributed by atoms with Crippen molar-refractivity contribution in [2.75, 3.05) is 26.2 Å². The van der Waals surface area contributed by atoms with Gasteiger partial charge in [-0.2, -0.15) is 5.01 Å². The van der Waals surface area contributed by atoms with Crippen LogP contribution >= 0.6 is 11.6 Å². The van der Waals surface area contributed by atoms with Gasteiger partial charge in [0.1, 0.15) is 0 Å². The summed E-state index contributed by atoms with van der Waals surface area (Å²) < 4.78 is 0. The summed E-state index contributed by atoms with van der Waals surface area (Å²) in [5, 5.41) is 4.84.